The van der Waals surface area contributed by atoms with Crippen LogP contribution in [0.5, 0.6) is 0 Å². The smallest absolute Gasteiger partial charge is 0.223 e. The Morgan fingerprint density at radius 1 is 1.47 bits per heavy atom. The number of thiazole rings is 1. The van der Waals surface area contributed by atoms with E-state index < -0.39 is 0 Å². The lowest BCUT2D eigenvalue weighted by Crippen LogP contribution is -2.26. The van der Waals surface area contributed by atoms with Crippen LogP contribution >= 0.6 is 11.3 Å². The van der Waals surface area contributed by atoms with Crippen LogP contribution in [0, 0.1) is 11.3 Å². The molecule has 4 heteroatoms. The van der Waals surface area contributed by atoms with Crippen LogP contribution in [0.25, 0.3) is 0 Å². The van der Waals surface area contributed by atoms with Crippen molar-refractivity contribution in [1.82, 2.24) is 4.98 Å². The molecule has 17 heavy (non-hydrogen) atoms. The van der Waals surface area contributed by atoms with Crippen LogP contribution in [0.15, 0.2) is 0 Å². The molecule has 1 aromatic rings. The molecule has 94 valence electrons. The minimum atomic E-state index is -0.0385. The van der Waals surface area contributed by atoms with Crippen LogP contribution in [-0.2, 0) is 17.6 Å². The fourth-order valence-electron chi connectivity index (χ4n) is 2.32. The van der Waals surface area contributed by atoms with Gasteiger partial charge in [0.2, 0.25) is 5.91 Å². The summed E-state index contributed by atoms with van der Waals surface area (Å²) in [5, 5.41) is 3.55. The third kappa shape index (κ3) is 2.86. The largest absolute Gasteiger partial charge is 0.302 e. The van der Waals surface area contributed by atoms with Gasteiger partial charge in [-0.25, -0.2) is 4.98 Å². The normalized spacial score (nSPS) is 19.9. The molecule has 0 radical (unpaired) electrons. The standard InChI is InChI=1S/C13H20N2OS/c1-8(16)14-12-15-10-6-5-9(13(2,3)4)7-11(10)17-12/h9H,5-7H2,1-4H3,(H,14,15,16)/t9-/m0/s1. The Hall–Kier alpha value is -0.900. The van der Waals surface area contributed by atoms with E-state index in [2.05, 4.69) is 31.1 Å². The Balaban J connectivity index is 2.15. The van der Waals surface area contributed by atoms with E-state index >= 15 is 0 Å². The predicted molar refractivity (Wildman–Crippen MR) is 71.4 cm³/mol. The molecule has 3 nitrogen and oxygen atoms in total. The maximum Gasteiger partial charge on any atom is 0.223 e. The Morgan fingerprint density at radius 3 is 2.76 bits per heavy atom. The van der Waals surface area contributed by atoms with Crippen molar-refractivity contribution in [1.29, 1.82) is 0 Å². The molecular formula is C13H20N2OS. The zero-order chi connectivity index (χ0) is 12.6. The molecular weight excluding hydrogens is 232 g/mol. The van der Waals surface area contributed by atoms with E-state index in [1.165, 1.54) is 23.9 Å². The summed E-state index contributed by atoms with van der Waals surface area (Å²) in [5.74, 6) is 0.684. The van der Waals surface area contributed by atoms with Crippen molar-refractivity contribution in [2.24, 2.45) is 11.3 Å². The minimum Gasteiger partial charge on any atom is -0.302 e. The van der Waals surface area contributed by atoms with Crippen molar-refractivity contribution in [2.45, 2.75) is 47.0 Å². The Morgan fingerprint density at radius 2 is 2.18 bits per heavy atom. The number of hydrogen-bond acceptors (Lipinski definition) is 3. The second-order valence-corrected chi connectivity index (χ2v) is 6.96. The van der Waals surface area contributed by atoms with Crippen molar-refractivity contribution in [3.63, 3.8) is 0 Å². The van der Waals surface area contributed by atoms with Gasteiger partial charge in [0.1, 0.15) is 0 Å². The molecule has 1 N–H and O–H groups in total. The molecule has 0 spiro atoms. The number of nitrogens with one attached hydrogen (secondary N) is 1. The topological polar surface area (TPSA) is 42.0 Å². The molecule has 2 rings (SSSR count). The number of anilines is 1. The van der Waals surface area contributed by atoms with Crippen molar-refractivity contribution in [3.8, 4) is 0 Å². The third-order valence-corrected chi connectivity index (χ3v) is 4.48. The first-order chi connectivity index (χ1) is 7.86. The quantitative estimate of drug-likeness (QED) is 0.833. The molecule has 0 unspecified atom stereocenters. The number of carbonyl (C=O) groups excluding carboxylic acids is 1. The molecule has 1 aromatic heterocycles. The summed E-state index contributed by atoms with van der Waals surface area (Å²) >= 11 is 1.64. The van der Waals surface area contributed by atoms with Crippen LogP contribution in [0.2, 0.25) is 0 Å². The maximum absolute atomic E-state index is 11.0. The van der Waals surface area contributed by atoms with Gasteiger partial charge in [0.15, 0.2) is 5.13 Å². The van der Waals surface area contributed by atoms with Gasteiger partial charge in [0, 0.05) is 11.8 Å². The first kappa shape index (κ1) is 12.6. The monoisotopic (exact) mass is 252 g/mol. The number of amides is 1. The van der Waals surface area contributed by atoms with Gasteiger partial charge in [0.25, 0.3) is 0 Å². The van der Waals surface area contributed by atoms with E-state index in [1.54, 1.807) is 11.3 Å². The molecule has 0 saturated heterocycles. The van der Waals surface area contributed by atoms with E-state index in [0.717, 1.165) is 23.9 Å². The van der Waals surface area contributed by atoms with Crippen molar-refractivity contribution in [2.75, 3.05) is 5.32 Å². The molecule has 0 saturated carbocycles. The summed E-state index contributed by atoms with van der Waals surface area (Å²) in [7, 11) is 0. The van der Waals surface area contributed by atoms with Gasteiger partial charge in [-0.15, -0.1) is 11.3 Å². The fraction of sp³-hybridized carbons (Fsp3) is 0.692. The Kier molecular flexibility index (Phi) is 3.25. The van der Waals surface area contributed by atoms with Crippen molar-refractivity contribution >= 4 is 22.4 Å². The number of rotatable bonds is 1. The van der Waals surface area contributed by atoms with Gasteiger partial charge in [-0.3, -0.25) is 4.79 Å². The fourth-order valence-corrected chi connectivity index (χ4v) is 3.45. The highest BCUT2D eigenvalue weighted by atomic mass is 32.1. The van der Waals surface area contributed by atoms with Crippen LogP contribution in [-0.4, -0.2) is 10.9 Å². The van der Waals surface area contributed by atoms with Crippen LogP contribution in [0.1, 0.15) is 44.7 Å². The second kappa shape index (κ2) is 4.41. The summed E-state index contributed by atoms with van der Waals surface area (Å²) < 4.78 is 0. The molecule has 1 amide bonds. The number of nitrogens with zero attached hydrogens (tertiary/aromatic N) is 1. The highest BCUT2D eigenvalue weighted by Crippen LogP contribution is 2.39. The van der Waals surface area contributed by atoms with Gasteiger partial charge in [-0.1, -0.05) is 20.8 Å². The Labute approximate surface area is 107 Å². The van der Waals surface area contributed by atoms with E-state index in [9.17, 15) is 4.79 Å². The summed E-state index contributed by atoms with van der Waals surface area (Å²) in [6.07, 6.45) is 3.36. The molecule has 1 aliphatic rings. The summed E-state index contributed by atoms with van der Waals surface area (Å²) in [6.45, 7) is 8.44. The zero-order valence-corrected chi connectivity index (χ0v) is 11.8. The lowest BCUT2D eigenvalue weighted by Gasteiger charge is -2.33. The van der Waals surface area contributed by atoms with E-state index in [0.29, 0.717) is 5.41 Å². The highest BCUT2D eigenvalue weighted by molar-refractivity contribution is 7.15. The summed E-state index contributed by atoms with van der Waals surface area (Å²) in [5.41, 5.74) is 1.55. The zero-order valence-electron chi connectivity index (χ0n) is 11.0. The lowest BCUT2D eigenvalue weighted by molar-refractivity contribution is -0.114. The van der Waals surface area contributed by atoms with Crippen LogP contribution in [0.4, 0.5) is 5.13 Å². The molecule has 0 aliphatic heterocycles. The van der Waals surface area contributed by atoms with Gasteiger partial charge in [0.05, 0.1) is 5.69 Å². The number of hydrogen-bond donors (Lipinski definition) is 1. The molecule has 0 aromatic carbocycles. The number of carbonyl (C=O) groups is 1. The highest BCUT2D eigenvalue weighted by Gasteiger charge is 2.30. The third-order valence-electron chi connectivity index (χ3n) is 3.45. The van der Waals surface area contributed by atoms with Gasteiger partial charge in [-0.2, -0.15) is 0 Å². The molecule has 0 bridgehead atoms. The maximum atomic E-state index is 11.0. The summed E-state index contributed by atoms with van der Waals surface area (Å²) in [6, 6.07) is 0. The van der Waals surface area contributed by atoms with E-state index in [4.69, 9.17) is 0 Å². The van der Waals surface area contributed by atoms with E-state index in [-0.39, 0.29) is 5.91 Å². The van der Waals surface area contributed by atoms with Crippen molar-refractivity contribution < 1.29 is 4.79 Å². The SMILES string of the molecule is CC(=O)Nc1nc2c(s1)C[C@@H](C(C)(C)C)CC2. The number of aryl methyl sites for hydroxylation is 1. The van der Waals surface area contributed by atoms with Crippen LogP contribution < -0.4 is 5.32 Å². The van der Waals surface area contributed by atoms with Gasteiger partial charge >= 0.3 is 0 Å². The second-order valence-electron chi connectivity index (χ2n) is 5.88. The predicted octanol–water partition coefficient (Wildman–Crippen LogP) is 3.25. The average Bonchev–Trinajstić information content (AvgIpc) is 2.55. The first-order valence-corrected chi connectivity index (χ1v) is 6.94. The number of aromatic nitrogens is 1. The molecule has 1 aliphatic carbocycles. The minimum absolute atomic E-state index is 0.0385. The average molecular weight is 252 g/mol. The van der Waals surface area contributed by atoms with E-state index in [1.807, 2.05) is 0 Å². The first-order valence-electron chi connectivity index (χ1n) is 6.12. The van der Waals surface area contributed by atoms with Crippen molar-refractivity contribution in [3.05, 3.63) is 10.6 Å². The lowest BCUT2D eigenvalue weighted by atomic mass is 9.73. The summed E-state index contributed by atoms with van der Waals surface area (Å²) in [4.78, 5) is 16.9. The molecule has 1 atom stereocenters. The molecule has 1 heterocycles. The Bertz CT molecular complexity index is 431. The van der Waals surface area contributed by atoms with Crippen LogP contribution in [0.3, 0.4) is 0 Å². The van der Waals surface area contributed by atoms with Gasteiger partial charge < -0.3 is 5.32 Å². The number of fused-ring (bicyclic) bond motifs is 1. The molecule has 0 fully saturated rings. The van der Waals surface area contributed by atoms with Gasteiger partial charge in [-0.05, 0) is 30.6 Å².